The topological polar surface area (TPSA) is 77.4 Å². The third kappa shape index (κ3) is 4.06. The minimum absolute atomic E-state index is 0.00476. The van der Waals surface area contributed by atoms with E-state index in [9.17, 15) is 13.2 Å². The molecule has 0 aliphatic carbocycles. The van der Waals surface area contributed by atoms with Crippen LogP contribution in [0.4, 0.5) is 5.69 Å². The van der Waals surface area contributed by atoms with Crippen molar-refractivity contribution in [2.24, 2.45) is 0 Å². The molecule has 8 heteroatoms. The molecule has 0 amide bonds. The van der Waals surface area contributed by atoms with Crippen LogP contribution in [0.1, 0.15) is 19.9 Å². The summed E-state index contributed by atoms with van der Waals surface area (Å²) in [6, 6.07) is 11.4. The lowest BCUT2D eigenvalue weighted by molar-refractivity contribution is 0.363. The maximum absolute atomic E-state index is 12.7. The second-order valence-electron chi connectivity index (χ2n) is 6.19. The van der Waals surface area contributed by atoms with Crippen molar-refractivity contribution >= 4 is 37.3 Å². The van der Waals surface area contributed by atoms with Crippen LogP contribution in [0, 0.1) is 0 Å². The van der Waals surface area contributed by atoms with Crippen LogP contribution in [0.25, 0.3) is 10.2 Å². The fraction of sp³-hybridized carbons (Fsp3) is 0.211. The molecule has 3 rings (SSSR count). The minimum atomic E-state index is -3.80. The SMILES string of the molecule is C=CCOc1cccc(NS(=O)(=O)c2ccc3c(c2)sc(=O)n3C(C)C)c1. The van der Waals surface area contributed by atoms with Gasteiger partial charge in [0.2, 0.25) is 0 Å². The van der Waals surface area contributed by atoms with Crippen molar-refractivity contribution in [1.82, 2.24) is 4.57 Å². The summed E-state index contributed by atoms with van der Waals surface area (Å²) < 4.78 is 35.8. The van der Waals surface area contributed by atoms with Gasteiger partial charge >= 0.3 is 4.87 Å². The normalized spacial score (nSPS) is 11.7. The second-order valence-corrected chi connectivity index (χ2v) is 8.87. The number of sulfonamides is 1. The number of hydrogen-bond acceptors (Lipinski definition) is 5. The highest BCUT2D eigenvalue weighted by atomic mass is 32.2. The van der Waals surface area contributed by atoms with E-state index >= 15 is 0 Å². The van der Waals surface area contributed by atoms with E-state index in [-0.39, 0.29) is 15.8 Å². The van der Waals surface area contributed by atoms with Crippen LogP contribution < -0.4 is 14.3 Å². The highest BCUT2D eigenvalue weighted by Gasteiger charge is 2.18. The molecule has 0 bridgehead atoms. The number of nitrogens with one attached hydrogen (secondary N) is 1. The summed E-state index contributed by atoms with van der Waals surface area (Å²) in [5.74, 6) is 0.540. The standard InChI is InChI=1S/C19H20N2O4S2/c1-4-10-25-15-7-5-6-14(11-15)20-27(23,24)16-8-9-17-18(12-16)26-19(22)21(17)13(2)3/h4-9,11-13,20H,1,10H2,2-3H3. The van der Waals surface area contributed by atoms with Gasteiger partial charge in [-0.15, -0.1) is 0 Å². The summed E-state index contributed by atoms with van der Waals surface area (Å²) in [5.41, 5.74) is 1.13. The molecule has 3 aromatic rings. The van der Waals surface area contributed by atoms with Crippen LogP contribution in [0.2, 0.25) is 0 Å². The largest absolute Gasteiger partial charge is 0.489 e. The molecule has 142 valence electrons. The first kappa shape index (κ1) is 19.2. The van der Waals surface area contributed by atoms with Crippen LogP contribution in [0.15, 0.2) is 64.8 Å². The van der Waals surface area contributed by atoms with Gasteiger partial charge in [-0.2, -0.15) is 0 Å². The number of rotatable bonds is 7. The number of ether oxygens (including phenoxy) is 1. The molecule has 27 heavy (non-hydrogen) atoms. The average molecular weight is 405 g/mol. The molecule has 1 N–H and O–H groups in total. The maximum Gasteiger partial charge on any atom is 0.308 e. The molecule has 1 heterocycles. The second kappa shape index (κ2) is 7.58. The number of aromatic nitrogens is 1. The zero-order valence-electron chi connectivity index (χ0n) is 15.0. The third-order valence-electron chi connectivity index (χ3n) is 3.87. The Morgan fingerprint density at radius 3 is 2.74 bits per heavy atom. The predicted molar refractivity (Wildman–Crippen MR) is 109 cm³/mol. The first-order chi connectivity index (χ1) is 12.8. The smallest absolute Gasteiger partial charge is 0.308 e. The molecule has 2 aromatic carbocycles. The Balaban J connectivity index is 1.93. The van der Waals surface area contributed by atoms with Crippen molar-refractivity contribution in [1.29, 1.82) is 0 Å². The van der Waals surface area contributed by atoms with Gasteiger partial charge in [0.05, 0.1) is 20.8 Å². The number of benzene rings is 2. The van der Waals surface area contributed by atoms with Crippen LogP contribution >= 0.6 is 11.3 Å². The van der Waals surface area contributed by atoms with Gasteiger partial charge < -0.3 is 4.74 Å². The summed E-state index contributed by atoms with van der Waals surface area (Å²) in [5, 5.41) is 0. The molecule has 0 atom stereocenters. The Bertz CT molecular complexity index is 1140. The Morgan fingerprint density at radius 2 is 2.04 bits per heavy atom. The molecule has 0 spiro atoms. The van der Waals surface area contributed by atoms with Crippen LogP contribution in [0.5, 0.6) is 5.75 Å². The van der Waals surface area contributed by atoms with Crippen molar-refractivity contribution in [3.8, 4) is 5.75 Å². The lowest BCUT2D eigenvalue weighted by Gasteiger charge is -2.11. The Morgan fingerprint density at radius 1 is 1.26 bits per heavy atom. The van der Waals surface area contributed by atoms with Gasteiger partial charge in [-0.3, -0.25) is 14.1 Å². The molecular formula is C19H20N2O4S2. The summed E-state index contributed by atoms with van der Waals surface area (Å²) in [7, 11) is -3.80. The van der Waals surface area contributed by atoms with E-state index in [4.69, 9.17) is 4.74 Å². The summed E-state index contributed by atoms with van der Waals surface area (Å²) in [6.07, 6.45) is 1.61. The Hall–Kier alpha value is -2.58. The van der Waals surface area contributed by atoms with Gasteiger partial charge in [0, 0.05) is 12.1 Å². The average Bonchev–Trinajstić information content (AvgIpc) is 2.95. The van der Waals surface area contributed by atoms with E-state index in [0.29, 0.717) is 22.7 Å². The predicted octanol–water partition coefficient (Wildman–Crippen LogP) is 4.01. The summed E-state index contributed by atoms with van der Waals surface area (Å²) >= 11 is 1.04. The molecule has 0 fully saturated rings. The molecule has 0 aliphatic heterocycles. The van der Waals surface area contributed by atoms with Crippen molar-refractivity contribution in [3.05, 3.63) is 64.8 Å². The van der Waals surface area contributed by atoms with Crippen LogP contribution in [0.3, 0.4) is 0 Å². The van der Waals surface area contributed by atoms with Crippen molar-refractivity contribution in [2.45, 2.75) is 24.8 Å². The highest BCUT2D eigenvalue weighted by Crippen LogP contribution is 2.26. The Labute approximate surface area is 161 Å². The monoisotopic (exact) mass is 404 g/mol. The molecular weight excluding hydrogens is 384 g/mol. The van der Waals surface area contributed by atoms with Crippen molar-refractivity contribution in [2.75, 3.05) is 11.3 Å². The summed E-state index contributed by atoms with van der Waals surface area (Å²) in [6.45, 7) is 7.75. The number of hydrogen-bond donors (Lipinski definition) is 1. The summed E-state index contributed by atoms with van der Waals surface area (Å²) in [4.78, 5) is 12.2. The van der Waals surface area contributed by atoms with E-state index in [1.54, 1.807) is 41.0 Å². The van der Waals surface area contributed by atoms with Crippen molar-refractivity contribution in [3.63, 3.8) is 0 Å². The van der Waals surface area contributed by atoms with Gasteiger partial charge in [0.15, 0.2) is 0 Å². The maximum atomic E-state index is 12.7. The Kier molecular flexibility index (Phi) is 5.38. The zero-order chi connectivity index (χ0) is 19.6. The van der Waals surface area contributed by atoms with E-state index in [1.807, 2.05) is 13.8 Å². The van der Waals surface area contributed by atoms with Gasteiger partial charge in [-0.25, -0.2) is 8.42 Å². The van der Waals surface area contributed by atoms with E-state index in [1.165, 1.54) is 12.1 Å². The highest BCUT2D eigenvalue weighted by molar-refractivity contribution is 7.92. The molecule has 0 saturated carbocycles. The first-order valence-corrected chi connectivity index (χ1v) is 10.6. The molecule has 0 unspecified atom stereocenters. The van der Waals surface area contributed by atoms with E-state index in [0.717, 1.165) is 16.9 Å². The van der Waals surface area contributed by atoms with Gasteiger partial charge in [-0.05, 0) is 44.2 Å². The fourth-order valence-corrected chi connectivity index (χ4v) is 4.89. The van der Waals surface area contributed by atoms with Gasteiger partial charge in [-0.1, -0.05) is 30.1 Å². The molecule has 0 aliphatic rings. The van der Waals surface area contributed by atoms with Crippen LogP contribution in [-0.2, 0) is 10.0 Å². The van der Waals surface area contributed by atoms with Gasteiger partial charge in [0.25, 0.3) is 10.0 Å². The molecule has 6 nitrogen and oxygen atoms in total. The quantitative estimate of drug-likeness (QED) is 0.604. The number of anilines is 1. The molecule has 0 radical (unpaired) electrons. The van der Waals surface area contributed by atoms with Gasteiger partial charge in [0.1, 0.15) is 12.4 Å². The lowest BCUT2D eigenvalue weighted by atomic mass is 10.3. The number of fused-ring (bicyclic) bond motifs is 1. The first-order valence-electron chi connectivity index (χ1n) is 8.33. The molecule has 1 aromatic heterocycles. The minimum Gasteiger partial charge on any atom is -0.489 e. The van der Waals surface area contributed by atoms with Crippen LogP contribution in [-0.4, -0.2) is 19.6 Å². The van der Waals surface area contributed by atoms with Crippen molar-refractivity contribution < 1.29 is 13.2 Å². The number of thiazole rings is 1. The zero-order valence-corrected chi connectivity index (χ0v) is 16.6. The van der Waals surface area contributed by atoms with E-state index < -0.39 is 10.0 Å². The third-order valence-corrected chi connectivity index (χ3v) is 6.16. The molecule has 0 saturated heterocycles. The van der Waals surface area contributed by atoms with E-state index in [2.05, 4.69) is 11.3 Å². The number of nitrogens with zero attached hydrogens (tertiary/aromatic N) is 1. The fourth-order valence-electron chi connectivity index (χ4n) is 2.69. The lowest BCUT2D eigenvalue weighted by Crippen LogP contribution is -2.15.